The third-order valence-corrected chi connectivity index (χ3v) is 15.4. The van der Waals surface area contributed by atoms with Crippen molar-refractivity contribution >= 4 is 23.6 Å². The number of rotatable bonds is 20. The number of likely N-dealkylation sites (N-methyl/N-ethyl adjacent to an activating group) is 1. The third-order valence-electron chi connectivity index (χ3n) is 15.4. The number of aromatic nitrogens is 3. The second-order valence-electron chi connectivity index (χ2n) is 21.3. The Kier molecular flexibility index (Phi) is 18.5. The molecule has 4 aliphatic rings. The lowest BCUT2D eigenvalue weighted by Gasteiger charge is -2.34. The van der Waals surface area contributed by atoms with Crippen LogP contribution in [0.3, 0.4) is 0 Å². The van der Waals surface area contributed by atoms with Crippen molar-refractivity contribution in [1.29, 1.82) is 0 Å². The monoisotopic (exact) mass is 1020 g/mol. The summed E-state index contributed by atoms with van der Waals surface area (Å²) < 4.78 is 2.00. The molecule has 4 N–H and O–H groups in total. The lowest BCUT2D eigenvalue weighted by atomic mass is 10.1. The van der Waals surface area contributed by atoms with Crippen LogP contribution in [0, 0.1) is 13.8 Å². The zero-order valence-corrected chi connectivity index (χ0v) is 44.6. The van der Waals surface area contributed by atoms with Gasteiger partial charge in [0.1, 0.15) is 12.1 Å². The molecule has 2 saturated heterocycles. The standard InChI is InChI=1S/C31H38N6O2.C31H38N4O2/c1-22-6-8-23(9-7-22)26-21-28(26)32-14-3-5-27(31(39)37-19-17-36(2)18-20-37)35-30(38)25-12-10-24(11-13-25)29-33-15-4-16-34-29;1-23-9-11-24(12-10-23)27-22-29(27)32-17-7-8-28(31(37)35-20-3-2-4-21-35)33-30(36)25-13-15-26(16-14-25)34-18-5-6-19-34/h4,6-13,15-16,26-28,32H,3,5,14,17-21H2,1-2H3,(H,35,38);5-6,9-16,18-19,27-29,32H,2-4,7-8,17,20-22H2,1H3,(H,33,36)/t26-,27-,28+;27-,28-,29+/m00/s1. The fraction of sp³-hybridized carbons (Fsp3) is 0.419. The second kappa shape index (κ2) is 26.2. The van der Waals surface area contributed by atoms with Gasteiger partial charge in [-0.25, -0.2) is 9.97 Å². The molecular formula is C62H76N10O4. The lowest BCUT2D eigenvalue weighted by molar-refractivity contribution is -0.135. The lowest BCUT2D eigenvalue weighted by Crippen LogP contribution is -2.54. The van der Waals surface area contributed by atoms with Crippen LogP contribution < -0.4 is 21.3 Å². The van der Waals surface area contributed by atoms with Crippen molar-refractivity contribution < 1.29 is 19.2 Å². The van der Waals surface area contributed by atoms with E-state index in [9.17, 15) is 19.2 Å². The van der Waals surface area contributed by atoms with Gasteiger partial charge in [-0.3, -0.25) is 19.2 Å². The topological polar surface area (TPSA) is 157 Å². The molecule has 0 spiro atoms. The maximum absolute atomic E-state index is 13.5. The largest absolute Gasteiger partial charge is 0.341 e. The highest BCUT2D eigenvalue weighted by Crippen LogP contribution is 2.41. The quantitative estimate of drug-likeness (QED) is 0.0556. The van der Waals surface area contributed by atoms with Crippen LogP contribution in [-0.4, -0.2) is 136 Å². The van der Waals surface area contributed by atoms with Crippen molar-refractivity contribution in [2.75, 3.05) is 59.4 Å². The molecule has 2 saturated carbocycles. The number of piperazine rings is 1. The molecule has 76 heavy (non-hydrogen) atoms. The number of likely N-dealkylation sites (tertiary alicyclic amines) is 1. The Morgan fingerprint density at radius 1 is 0.553 bits per heavy atom. The van der Waals surface area contributed by atoms with Crippen LogP contribution in [0.25, 0.3) is 17.1 Å². The Morgan fingerprint density at radius 3 is 1.50 bits per heavy atom. The highest BCUT2D eigenvalue weighted by atomic mass is 16.2. The van der Waals surface area contributed by atoms with E-state index < -0.39 is 12.1 Å². The van der Waals surface area contributed by atoms with Gasteiger partial charge in [-0.2, -0.15) is 0 Å². The molecule has 4 amide bonds. The fourth-order valence-electron chi connectivity index (χ4n) is 10.5. The van der Waals surface area contributed by atoms with Gasteiger partial charge in [0.05, 0.1) is 0 Å². The molecule has 2 aliphatic heterocycles. The third kappa shape index (κ3) is 14.9. The van der Waals surface area contributed by atoms with Gasteiger partial charge in [-0.05, 0) is 157 Å². The molecule has 0 radical (unpaired) electrons. The number of amides is 4. The Morgan fingerprint density at radius 2 is 1.01 bits per heavy atom. The Hall–Kier alpha value is -7.00. The number of carbonyl (C=O) groups is 4. The Balaban J connectivity index is 0.000000186. The van der Waals surface area contributed by atoms with Crippen LogP contribution in [0.2, 0.25) is 0 Å². The summed E-state index contributed by atoms with van der Waals surface area (Å²) in [5.41, 5.74) is 8.28. The minimum atomic E-state index is -0.549. The molecule has 6 atom stereocenters. The van der Waals surface area contributed by atoms with Crippen molar-refractivity contribution in [3.8, 4) is 17.1 Å². The predicted molar refractivity (Wildman–Crippen MR) is 299 cm³/mol. The number of piperidine rings is 1. The number of aryl methyl sites for hydroxylation is 2. The zero-order valence-electron chi connectivity index (χ0n) is 44.6. The van der Waals surface area contributed by atoms with Crippen LogP contribution >= 0.6 is 0 Å². The first-order valence-electron chi connectivity index (χ1n) is 27.6. The smallest absolute Gasteiger partial charge is 0.251 e. The van der Waals surface area contributed by atoms with E-state index in [4.69, 9.17) is 0 Å². The van der Waals surface area contributed by atoms with Crippen LogP contribution in [0.15, 0.2) is 140 Å². The summed E-state index contributed by atoms with van der Waals surface area (Å²) in [6.07, 6.45) is 15.8. The average molecular weight is 1030 g/mol. The molecule has 4 fully saturated rings. The van der Waals surface area contributed by atoms with E-state index in [-0.39, 0.29) is 23.6 Å². The Bertz CT molecular complexity index is 2790. The maximum Gasteiger partial charge on any atom is 0.251 e. The van der Waals surface area contributed by atoms with Gasteiger partial charge in [0, 0.05) is 110 Å². The molecular weight excluding hydrogens is 949 g/mol. The summed E-state index contributed by atoms with van der Waals surface area (Å²) >= 11 is 0. The first kappa shape index (κ1) is 53.8. The summed E-state index contributed by atoms with van der Waals surface area (Å²) in [4.78, 5) is 67.7. The zero-order chi connectivity index (χ0) is 52.8. The van der Waals surface area contributed by atoms with Crippen molar-refractivity contribution in [2.24, 2.45) is 0 Å². The normalized spacial score (nSPS) is 19.9. The van der Waals surface area contributed by atoms with Gasteiger partial charge >= 0.3 is 0 Å². The van der Waals surface area contributed by atoms with Gasteiger partial charge < -0.3 is 40.5 Å². The molecule has 2 aromatic heterocycles. The van der Waals surface area contributed by atoms with Crippen LogP contribution in [-0.2, 0) is 9.59 Å². The van der Waals surface area contributed by atoms with Gasteiger partial charge in [0.25, 0.3) is 11.8 Å². The molecule has 0 unspecified atom stereocenters. The van der Waals surface area contributed by atoms with Crippen LogP contribution in [0.1, 0.15) is 113 Å². The van der Waals surface area contributed by atoms with Gasteiger partial charge in [-0.15, -0.1) is 0 Å². The minimum Gasteiger partial charge on any atom is -0.341 e. The fourth-order valence-corrected chi connectivity index (χ4v) is 10.5. The summed E-state index contributed by atoms with van der Waals surface area (Å²) in [7, 11) is 2.07. The number of hydrogen-bond acceptors (Lipinski definition) is 9. The molecule has 2 aliphatic carbocycles. The summed E-state index contributed by atoms with van der Waals surface area (Å²) in [6, 6.07) is 38.0. The first-order valence-corrected chi connectivity index (χ1v) is 27.6. The van der Waals surface area contributed by atoms with E-state index in [1.807, 2.05) is 75.3 Å². The molecule has 6 aromatic rings. The van der Waals surface area contributed by atoms with Gasteiger partial charge in [0.2, 0.25) is 11.8 Å². The van der Waals surface area contributed by atoms with Crippen LogP contribution in [0.4, 0.5) is 0 Å². The van der Waals surface area contributed by atoms with E-state index in [0.29, 0.717) is 66.8 Å². The van der Waals surface area contributed by atoms with Crippen molar-refractivity contribution in [2.45, 2.75) is 108 Å². The SMILES string of the molecule is Cc1ccc([C@@H]2C[C@H]2NCCC[C@H](NC(=O)c2ccc(-c3ncccn3)cc2)C(=O)N2CCN(C)CC2)cc1.Cc1ccc([C@@H]2C[C@H]2NCCC[C@H](NC(=O)c2ccc(-n3cccc3)cc2)C(=O)N2CCCCC2)cc1. The average Bonchev–Trinajstić information content (AvgIpc) is 4.36. The maximum atomic E-state index is 13.5. The molecule has 10 rings (SSSR count). The Labute approximate surface area is 449 Å². The predicted octanol–water partition coefficient (Wildman–Crippen LogP) is 8.07. The van der Waals surface area contributed by atoms with Crippen molar-refractivity contribution in [3.05, 3.63) is 173 Å². The highest BCUT2D eigenvalue weighted by Gasteiger charge is 2.39. The summed E-state index contributed by atoms with van der Waals surface area (Å²) in [6.45, 7) is 10.5. The summed E-state index contributed by atoms with van der Waals surface area (Å²) in [5.74, 6) is 1.40. The molecule has 398 valence electrons. The van der Waals surface area contributed by atoms with E-state index in [0.717, 1.165) is 89.0 Å². The van der Waals surface area contributed by atoms with E-state index in [2.05, 4.69) is 106 Å². The van der Waals surface area contributed by atoms with Crippen molar-refractivity contribution in [1.82, 2.24) is 50.5 Å². The first-order chi connectivity index (χ1) is 37.1. The number of nitrogens with zero attached hydrogens (tertiary/aromatic N) is 6. The van der Waals surface area contributed by atoms with E-state index in [1.165, 1.54) is 28.7 Å². The molecule has 0 bridgehead atoms. The highest BCUT2D eigenvalue weighted by molar-refractivity contribution is 5.98. The number of benzene rings is 4. The van der Waals surface area contributed by atoms with Gasteiger partial charge in [-0.1, -0.05) is 71.8 Å². The van der Waals surface area contributed by atoms with E-state index >= 15 is 0 Å². The molecule has 4 aromatic carbocycles. The van der Waals surface area contributed by atoms with Crippen LogP contribution in [0.5, 0.6) is 0 Å². The minimum absolute atomic E-state index is 0.00899. The van der Waals surface area contributed by atoms with Gasteiger partial charge in [0.15, 0.2) is 5.82 Å². The number of carbonyl (C=O) groups excluding carboxylic acids is 4. The molecule has 14 heteroatoms. The number of hydrogen-bond donors (Lipinski definition) is 4. The second-order valence-corrected chi connectivity index (χ2v) is 21.3. The summed E-state index contributed by atoms with van der Waals surface area (Å²) in [5, 5.41) is 13.4. The van der Waals surface area contributed by atoms with E-state index in [1.54, 1.807) is 30.6 Å². The molecule has 14 nitrogen and oxygen atoms in total. The molecule has 4 heterocycles. The number of nitrogens with one attached hydrogen (secondary N) is 4. The van der Waals surface area contributed by atoms with Crippen molar-refractivity contribution in [3.63, 3.8) is 0 Å².